The van der Waals surface area contributed by atoms with Crippen LogP contribution in [0.15, 0.2) is 137 Å². The number of tetrazole rings is 3. The van der Waals surface area contributed by atoms with Crippen LogP contribution in [-0.4, -0.2) is 172 Å². The van der Waals surface area contributed by atoms with Crippen LogP contribution in [0, 0.1) is 18.3 Å². The molecule has 0 bridgehead atoms. The smallest absolute Gasteiger partial charge is 0.335 e. The van der Waals surface area contributed by atoms with E-state index in [-0.39, 0.29) is 57.8 Å². The lowest BCUT2D eigenvalue weighted by Gasteiger charge is -2.32. The third kappa shape index (κ3) is 17.0. The normalized spacial score (nSPS) is 12.0. The summed E-state index contributed by atoms with van der Waals surface area (Å²) in [5.41, 5.74) is 6.06. The number of aromatic nitrogens is 12. The minimum absolute atomic E-state index is 0.0223. The monoisotopic (exact) mass is 1120 g/mol. The highest BCUT2D eigenvalue weighted by molar-refractivity contribution is 8.00. The highest BCUT2D eigenvalue weighted by Gasteiger charge is 2.21. The van der Waals surface area contributed by atoms with E-state index in [1.54, 1.807) is 60.7 Å². The molecule has 0 saturated carbocycles. The van der Waals surface area contributed by atoms with Gasteiger partial charge in [-0.1, -0.05) is 77.2 Å². The number of nitrogens with zero attached hydrogens (tertiary/aromatic N) is 15. The van der Waals surface area contributed by atoms with E-state index in [0.717, 1.165) is 37.3 Å². The Morgan fingerprint density at radius 1 is 0.544 bits per heavy atom. The van der Waals surface area contributed by atoms with E-state index in [1.807, 2.05) is 49.2 Å². The van der Waals surface area contributed by atoms with Crippen molar-refractivity contribution in [3.8, 4) is 23.1 Å². The standard InChI is InChI=1S/C19H18N4O3S.C18H13N5O3S.C15H18N6O3S/c1-13-2-4-14(5-3-13)6-11-17(24)12-27-19-20-21-22-23(19)16-9-7-15(8-10-16)18(25)26;19-10-13-3-1-2-12(8-13)9-16(24)11-27-18-20-21-22-23(18)15-6-4-14(5-7-15)17(25)26;1-19-6-8-20(9-7-19)13(22)10-25-15-16-17-18-21(15)12-4-2-11(3-5-12)14(23)24/h2-5,7-10H,6,11-12H2,1H3,(H,25,26);1-8H,9,11H2,(H,25,26);2-5H,6-10H2,1H3,(H,23,24). The molecule has 0 atom stereocenters. The van der Waals surface area contributed by atoms with Crippen molar-refractivity contribution >= 4 is 70.7 Å². The van der Waals surface area contributed by atoms with Gasteiger partial charge in [-0.05, 0) is 148 Å². The van der Waals surface area contributed by atoms with Crippen molar-refractivity contribution in [2.24, 2.45) is 0 Å². The van der Waals surface area contributed by atoms with E-state index in [9.17, 15) is 28.8 Å². The van der Waals surface area contributed by atoms with Crippen LogP contribution >= 0.6 is 35.3 Å². The third-order valence-corrected chi connectivity index (χ3v) is 14.4. The van der Waals surface area contributed by atoms with Crippen molar-refractivity contribution in [1.82, 2.24) is 70.4 Å². The largest absolute Gasteiger partial charge is 0.478 e. The number of aryl methyl sites for hydroxylation is 2. The van der Waals surface area contributed by atoms with Gasteiger partial charge in [-0.2, -0.15) is 19.3 Å². The molecule has 5 aromatic carbocycles. The molecule has 0 aliphatic carbocycles. The Morgan fingerprint density at radius 2 is 0.975 bits per heavy atom. The summed E-state index contributed by atoms with van der Waals surface area (Å²) >= 11 is 3.73. The van der Waals surface area contributed by atoms with Crippen LogP contribution in [0.1, 0.15) is 59.7 Å². The Bertz CT molecular complexity index is 3430. The second-order valence-electron chi connectivity index (χ2n) is 17.3. The van der Waals surface area contributed by atoms with Crippen molar-refractivity contribution in [1.29, 1.82) is 5.26 Å². The number of carboxylic acid groups (broad SMARTS) is 3. The average Bonchev–Trinajstić information content (AvgIpc) is 4.30. The number of likely N-dealkylation sites (N-methyl/N-ethyl adjacent to an activating group) is 1. The van der Waals surface area contributed by atoms with Crippen LogP contribution in [0.2, 0.25) is 0 Å². The first-order chi connectivity index (χ1) is 38.1. The molecular formula is C52H49N15O9S3. The molecule has 404 valence electrons. The molecule has 1 aliphatic heterocycles. The van der Waals surface area contributed by atoms with Gasteiger partial charge in [0.1, 0.15) is 11.6 Å². The molecule has 0 radical (unpaired) electrons. The Labute approximate surface area is 463 Å². The Morgan fingerprint density at radius 3 is 1.41 bits per heavy atom. The van der Waals surface area contributed by atoms with Crippen LogP contribution in [-0.2, 0) is 27.2 Å². The van der Waals surface area contributed by atoms with Gasteiger partial charge in [0.25, 0.3) is 0 Å². The minimum atomic E-state index is -1.01. The fraction of sp³-hybridized carbons (Fsp3) is 0.231. The fourth-order valence-corrected chi connectivity index (χ4v) is 9.57. The summed E-state index contributed by atoms with van der Waals surface area (Å²) in [4.78, 5) is 73.5. The molecule has 1 amide bonds. The number of Topliss-reactive ketones (excluding diaryl/α,β-unsaturated/α-hetero) is 2. The second kappa shape index (κ2) is 28.4. The van der Waals surface area contributed by atoms with Crippen LogP contribution < -0.4 is 0 Å². The topological polar surface area (TPSA) is 324 Å². The molecule has 3 N–H and O–H groups in total. The number of aromatic carboxylic acids is 3. The summed E-state index contributed by atoms with van der Waals surface area (Å²) in [5.74, 6) is -2.13. The summed E-state index contributed by atoms with van der Waals surface area (Å²) in [6, 6.07) is 35.7. The number of carbonyl (C=O) groups is 6. The first-order valence-corrected chi connectivity index (χ1v) is 26.9. The van der Waals surface area contributed by atoms with E-state index in [4.69, 9.17) is 20.6 Å². The molecule has 1 aliphatic rings. The zero-order valence-electron chi connectivity index (χ0n) is 42.3. The van der Waals surface area contributed by atoms with E-state index >= 15 is 0 Å². The van der Waals surface area contributed by atoms with Gasteiger partial charge >= 0.3 is 17.9 Å². The molecule has 0 spiro atoms. The zero-order valence-corrected chi connectivity index (χ0v) is 44.8. The number of hydrogen-bond donors (Lipinski definition) is 3. The first-order valence-electron chi connectivity index (χ1n) is 23.9. The third-order valence-electron chi connectivity index (χ3n) is 11.6. The van der Waals surface area contributed by atoms with Crippen molar-refractivity contribution < 1.29 is 44.1 Å². The van der Waals surface area contributed by atoms with Crippen LogP contribution in [0.3, 0.4) is 0 Å². The Balaban J connectivity index is 0.000000172. The van der Waals surface area contributed by atoms with Crippen LogP contribution in [0.5, 0.6) is 0 Å². The molecule has 27 heteroatoms. The number of piperazine rings is 1. The average molecular weight is 1120 g/mol. The number of thioether (sulfide) groups is 3. The first kappa shape index (κ1) is 57.7. The zero-order chi connectivity index (χ0) is 56.3. The SMILES string of the molecule is CN1CCN(C(=O)CSc2nnnn2-c2ccc(C(=O)O)cc2)CC1.Cc1ccc(CCC(=O)CSc2nnnn2-c2ccc(C(=O)O)cc2)cc1.N#Cc1cccc(CC(=O)CSc2nnnn2-c2ccc(C(=O)O)cc2)c1. The van der Waals surface area contributed by atoms with Crippen molar-refractivity contribution in [2.45, 2.75) is 41.7 Å². The number of carbonyl (C=O) groups excluding carboxylic acids is 3. The molecular weight excluding hydrogens is 1070 g/mol. The molecule has 79 heavy (non-hydrogen) atoms. The predicted molar refractivity (Wildman–Crippen MR) is 289 cm³/mol. The Kier molecular flexibility index (Phi) is 20.8. The van der Waals surface area contributed by atoms with E-state index < -0.39 is 17.9 Å². The number of rotatable bonds is 20. The number of amides is 1. The maximum absolute atomic E-state index is 12.3. The highest BCUT2D eigenvalue weighted by atomic mass is 32.2. The summed E-state index contributed by atoms with van der Waals surface area (Å²) in [6.45, 7) is 5.26. The second-order valence-corrected chi connectivity index (χ2v) is 20.1. The highest BCUT2D eigenvalue weighted by Crippen LogP contribution is 2.23. The van der Waals surface area contributed by atoms with Crippen LogP contribution in [0.4, 0.5) is 0 Å². The molecule has 1 saturated heterocycles. The van der Waals surface area contributed by atoms with Crippen molar-refractivity contribution in [3.63, 3.8) is 0 Å². The molecule has 9 rings (SSSR count). The molecule has 8 aromatic rings. The van der Waals surface area contributed by atoms with Gasteiger partial charge in [0.15, 0.2) is 0 Å². The van der Waals surface area contributed by atoms with Crippen LogP contribution in [0.25, 0.3) is 17.1 Å². The number of benzene rings is 5. The van der Waals surface area contributed by atoms with E-state index in [1.165, 1.54) is 91.3 Å². The van der Waals surface area contributed by atoms with Gasteiger partial charge in [0.05, 0.1) is 62.6 Å². The predicted octanol–water partition coefficient (Wildman–Crippen LogP) is 5.33. The summed E-state index contributed by atoms with van der Waals surface area (Å²) in [7, 11) is 2.04. The number of carboxylic acids is 3. The van der Waals surface area contributed by atoms with Crippen molar-refractivity contribution in [2.75, 3.05) is 50.5 Å². The summed E-state index contributed by atoms with van der Waals surface area (Å²) in [5, 5.41) is 71.6. The van der Waals surface area contributed by atoms with Gasteiger partial charge in [-0.25, -0.2) is 14.4 Å². The maximum Gasteiger partial charge on any atom is 0.335 e. The molecule has 0 unspecified atom stereocenters. The molecule has 3 aromatic heterocycles. The summed E-state index contributed by atoms with van der Waals surface area (Å²) in [6.07, 6.45) is 1.39. The number of ketones is 2. The van der Waals surface area contributed by atoms with Gasteiger partial charge < -0.3 is 25.1 Å². The maximum atomic E-state index is 12.3. The summed E-state index contributed by atoms with van der Waals surface area (Å²) < 4.78 is 4.43. The number of hydrogen-bond acceptors (Lipinski definition) is 20. The Hall–Kier alpha value is -8.97. The lowest BCUT2D eigenvalue weighted by Crippen LogP contribution is -2.47. The van der Waals surface area contributed by atoms with E-state index in [0.29, 0.717) is 50.9 Å². The van der Waals surface area contributed by atoms with E-state index in [2.05, 4.69) is 51.5 Å². The van der Waals surface area contributed by atoms with Gasteiger partial charge in [0.2, 0.25) is 21.4 Å². The minimum Gasteiger partial charge on any atom is -0.478 e. The lowest BCUT2D eigenvalue weighted by atomic mass is 10.1. The molecule has 4 heterocycles. The lowest BCUT2D eigenvalue weighted by molar-refractivity contribution is -0.129. The molecule has 1 fully saturated rings. The van der Waals surface area contributed by atoms with Gasteiger partial charge in [0, 0.05) is 39.0 Å². The number of nitriles is 1. The fourth-order valence-electron chi connectivity index (χ4n) is 7.23. The quantitative estimate of drug-likeness (QED) is 0.0812. The molecule has 24 nitrogen and oxygen atoms in total. The van der Waals surface area contributed by atoms with Crippen molar-refractivity contribution in [3.05, 3.63) is 160 Å². The van der Waals surface area contributed by atoms with Gasteiger partial charge in [-0.3, -0.25) is 14.4 Å². The van der Waals surface area contributed by atoms with Gasteiger partial charge in [-0.15, -0.1) is 15.3 Å².